The number of thioether (sulfide) groups is 1. The topological polar surface area (TPSA) is 91.4 Å². The van der Waals surface area contributed by atoms with Crippen LogP contribution in [-0.4, -0.2) is 57.0 Å². The fourth-order valence-corrected chi connectivity index (χ4v) is 3.00. The van der Waals surface area contributed by atoms with Gasteiger partial charge in [-0.25, -0.2) is 0 Å². The smallest absolute Gasteiger partial charge is 0.325 e. The average molecular weight is 367 g/mol. The Bertz CT molecular complexity index is 719. The van der Waals surface area contributed by atoms with Gasteiger partial charge in [0.1, 0.15) is 6.54 Å². The van der Waals surface area contributed by atoms with Gasteiger partial charge >= 0.3 is 5.97 Å². The molecule has 0 radical (unpaired) electrons. The molecule has 2 amide bonds. The summed E-state index contributed by atoms with van der Waals surface area (Å²) in [5.41, 5.74) is 0.582. The SMILES string of the molecule is COC(=O)CN1C(=O)S/C(=C/c2cc(OC)c(OC)c(OC)c2)C1=O. The lowest BCUT2D eigenvalue weighted by Gasteiger charge is -2.13. The zero-order chi connectivity index (χ0) is 18.6. The number of esters is 1. The largest absolute Gasteiger partial charge is 0.493 e. The lowest BCUT2D eigenvalue weighted by Crippen LogP contribution is -2.34. The summed E-state index contributed by atoms with van der Waals surface area (Å²) in [7, 11) is 5.63. The molecule has 1 aliphatic rings. The van der Waals surface area contributed by atoms with Crippen molar-refractivity contribution < 1.29 is 33.3 Å². The molecule has 0 saturated carbocycles. The summed E-state index contributed by atoms with van der Waals surface area (Å²) in [6, 6.07) is 3.30. The van der Waals surface area contributed by atoms with Crippen LogP contribution in [0.25, 0.3) is 6.08 Å². The highest BCUT2D eigenvalue weighted by molar-refractivity contribution is 8.18. The number of benzene rings is 1. The molecule has 0 N–H and O–H groups in total. The molecule has 1 aromatic carbocycles. The van der Waals surface area contributed by atoms with Crippen LogP contribution in [0.4, 0.5) is 4.79 Å². The monoisotopic (exact) mass is 367 g/mol. The van der Waals surface area contributed by atoms with Gasteiger partial charge in [0.05, 0.1) is 33.3 Å². The predicted molar refractivity (Wildman–Crippen MR) is 90.8 cm³/mol. The van der Waals surface area contributed by atoms with Crippen molar-refractivity contribution in [3.63, 3.8) is 0 Å². The molecular formula is C16H17NO7S. The Labute approximate surface area is 148 Å². The van der Waals surface area contributed by atoms with Crippen LogP contribution in [-0.2, 0) is 14.3 Å². The summed E-state index contributed by atoms with van der Waals surface area (Å²) in [5, 5.41) is -0.533. The van der Waals surface area contributed by atoms with Crippen molar-refractivity contribution in [3.05, 3.63) is 22.6 Å². The lowest BCUT2D eigenvalue weighted by atomic mass is 10.1. The molecule has 1 fully saturated rings. The minimum absolute atomic E-state index is 0.183. The van der Waals surface area contributed by atoms with Crippen LogP contribution in [0.15, 0.2) is 17.0 Å². The number of ether oxygens (including phenoxy) is 4. The molecular weight excluding hydrogens is 350 g/mol. The van der Waals surface area contributed by atoms with Gasteiger partial charge in [-0.15, -0.1) is 0 Å². The quantitative estimate of drug-likeness (QED) is 0.556. The van der Waals surface area contributed by atoms with Gasteiger partial charge < -0.3 is 18.9 Å². The molecule has 134 valence electrons. The summed E-state index contributed by atoms with van der Waals surface area (Å²) in [6.07, 6.45) is 1.52. The van der Waals surface area contributed by atoms with Gasteiger partial charge in [-0.3, -0.25) is 19.3 Å². The molecule has 0 aliphatic carbocycles. The van der Waals surface area contributed by atoms with Gasteiger partial charge in [0.2, 0.25) is 5.75 Å². The number of imide groups is 1. The first-order chi connectivity index (χ1) is 11.9. The van der Waals surface area contributed by atoms with E-state index >= 15 is 0 Å². The zero-order valence-electron chi connectivity index (χ0n) is 14.2. The summed E-state index contributed by atoms with van der Waals surface area (Å²) < 4.78 is 20.2. The minimum atomic E-state index is -0.670. The van der Waals surface area contributed by atoms with Gasteiger partial charge in [-0.2, -0.15) is 0 Å². The minimum Gasteiger partial charge on any atom is -0.493 e. The molecule has 0 aromatic heterocycles. The molecule has 1 saturated heterocycles. The van der Waals surface area contributed by atoms with E-state index in [4.69, 9.17) is 14.2 Å². The Hall–Kier alpha value is -2.68. The number of carbonyl (C=O) groups excluding carboxylic acids is 3. The highest BCUT2D eigenvalue weighted by Crippen LogP contribution is 2.40. The van der Waals surface area contributed by atoms with Gasteiger partial charge in [-0.1, -0.05) is 0 Å². The van der Waals surface area contributed by atoms with E-state index < -0.39 is 23.7 Å². The second-order valence-corrected chi connectivity index (χ2v) is 5.80. The molecule has 1 aliphatic heterocycles. The summed E-state index contributed by atoms with van der Waals surface area (Å²) in [6.45, 7) is -0.423. The van der Waals surface area contributed by atoms with Crippen LogP contribution >= 0.6 is 11.8 Å². The Kier molecular flexibility index (Phi) is 5.92. The summed E-state index contributed by atoms with van der Waals surface area (Å²) in [5.74, 6) is 0.0233. The maximum absolute atomic E-state index is 12.3. The van der Waals surface area contributed by atoms with Crippen LogP contribution in [0.3, 0.4) is 0 Å². The van der Waals surface area contributed by atoms with E-state index in [0.717, 1.165) is 16.7 Å². The average Bonchev–Trinajstić information content (AvgIpc) is 2.87. The second kappa shape index (κ2) is 7.93. The van der Waals surface area contributed by atoms with E-state index in [1.807, 2.05) is 0 Å². The number of hydrogen-bond donors (Lipinski definition) is 0. The molecule has 0 unspecified atom stereocenters. The highest BCUT2D eigenvalue weighted by atomic mass is 32.2. The van der Waals surface area contributed by atoms with Crippen molar-refractivity contribution in [2.75, 3.05) is 35.0 Å². The summed E-state index contributed by atoms with van der Waals surface area (Å²) >= 11 is 0.744. The van der Waals surface area contributed by atoms with E-state index in [1.54, 1.807) is 12.1 Å². The number of rotatable bonds is 6. The fourth-order valence-electron chi connectivity index (χ4n) is 2.17. The molecule has 1 aromatic rings. The van der Waals surface area contributed by atoms with Crippen LogP contribution < -0.4 is 14.2 Å². The Morgan fingerprint density at radius 2 is 1.68 bits per heavy atom. The predicted octanol–water partition coefficient (Wildman–Crippen LogP) is 1.92. The first-order valence-electron chi connectivity index (χ1n) is 7.07. The Balaban J connectivity index is 2.36. The van der Waals surface area contributed by atoms with Gasteiger partial charge in [0, 0.05) is 0 Å². The summed E-state index contributed by atoms with van der Waals surface area (Å²) in [4.78, 5) is 36.6. The molecule has 1 heterocycles. The maximum atomic E-state index is 12.3. The van der Waals surface area contributed by atoms with Crippen molar-refractivity contribution in [2.45, 2.75) is 0 Å². The van der Waals surface area contributed by atoms with Crippen LogP contribution in [0.5, 0.6) is 17.2 Å². The van der Waals surface area contributed by atoms with Crippen LogP contribution in [0, 0.1) is 0 Å². The van der Waals surface area contributed by atoms with E-state index in [1.165, 1.54) is 34.5 Å². The number of hydrogen-bond acceptors (Lipinski definition) is 8. The lowest BCUT2D eigenvalue weighted by molar-refractivity contribution is -0.143. The van der Waals surface area contributed by atoms with Crippen molar-refractivity contribution in [2.24, 2.45) is 0 Å². The van der Waals surface area contributed by atoms with Crippen molar-refractivity contribution in [3.8, 4) is 17.2 Å². The molecule has 0 bridgehead atoms. The normalized spacial score (nSPS) is 15.5. The first-order valence-corrected chi connectivity index (χ1v) is 7.89. The van der Waals surface area contributed by atoms with Gasteiger partial charge in [0.25, 0.3) is 11.1 Å². The van der Waals surface area contributed by atoms with Crippen LogP contribution in [0.1, 0.15) is 5.56 Å². The highest BCUT2D eigenvalue weighted by Gasteiger charge is 2.36. The zero-order valence-corrected chi connectivity index (χ0v) is 15.0. The standard InChI is InChI=1S/C16H17NO7S/c1-21-10-5-9(6-11(22-2)14(10)24-4)7-12-15(19)17(16(20)25-12)8-13(18)23-3/h5-7H,8H2,1-4H3/b12-7+. The van der Waals surface area contributed by atoms with Crippen molar-refractivity contribution in [1.29, 1.82) is 0 Å². The molecule has 9 heteroatoms. The van der Waals surface area contributed by atoms with Gasteiger partial charge in [-0.05, 0) is 35.5 Å². The van der Waals surface area contributed by atoms with Crippen molar-refractivity contribution in [1.82, 2.24) is 4.90 Å². The number of nitrogens with zero attached hydrogens (tertiary/aromatic N) is 1. The van der Waals surface area contributed by atoms with E-state index in [-0.39, 0.29) is 4.91 Å². The van der Waals surface area contributed by atoms with E-state index in [0.29, 0.717) is 22.8 Å². The number of carbonyl (C=O) groups is 3. The molecule has 2 rings (SSSR count). The molecule has 0 atom stereocenters. The third kappa shape index (κ3) is 3.87. The Morgan fingerprint density at radius 1 is 1.08 bits per heavy atom. The third-order valence-corrected chi connectivity index (χ3v) is 4.28. The first kappa shape index (κ1) is 18.7. The molecule has 25 heavy (non-hydrogen) atoms. The van der Waals surface area contributed by atoms with Crippen LogP contribution in [0.2, 0.25) is 0 Å². The molecule has 8 nitrogen and oxygen atoms in total. The third-order valence-electron chi connectivity index (χ3n) is 3.37. The van der Waals surface area contributed by atoms with Crippen molar-refractivity contribution >= 4 is 35.0 Å². The maximum Gasteiger partial charge on any atom is 0.325 e. The van der Waals surface area contributed by atoms with Gasteiger partial charge in [0.15, 0.2) is 11.5 Å². The second-order valence-electron chi connectivity index (χ2n) is 4.80. The number of amides is 2. The molecule has 0 spiro atoms. The van der Waals surface area contributed by atoms with E-state index in [2.05, 4.69) is 4.74 Å². The fraction of sp³-hybridized carbons (Fsp3) is 0.312. The number of methoxy groups -OCH3 is 4. The Morgan fingerprint density at radius 3 is 2.16 bits per heavy atom. The van der Waals surface area contributed by atoms with E-state index in [9.17, 15) is 14.4 Å².